The molecule has 0 unspecified atom stereocenters. The fourth-order valence-electron chi connectivity index (χ4n) is 1.93. The summed E-state index contributed by atoms with van der Waals surface area (Å²) in [6.07, 6.45) is 0.994. The highest BCUT2D eigenvalue weighted by Gasteiger charge is 2.32. The minimum absolute atomic E-state index is 0.119. The number of ether oxygens (including phenoxy) is 1. The fourth-order valence-corrected chi connectivity index (χ4v) is 1.93. The molecule has 0 aromatic rings. The number of rotatable bonds is 3. The van der Waals surface area contributed by atoms with Gasteiger partial charge in [0.1, 0.15) is 0 Å². The summed E-state index contributed by atoms with van der Waals surface area (Å²) in [4.78, 5) is 15.5. The van der Waals surface area contributed by atoms with Crippen molar-refractivity contribution in [2.45, 2.75) is 32.4 Å². The lowest BCUT2D eigenvalue weighted by molar-refractivity contribution is 0.0468. The number of methoxy groups -OCH3 is 1. The van der Waals surface area contributed by atoms with E-state index >= 15 is 0 Å². The zero-order chi connectivity index (χ0) is 10.7. The Labute approximate surface area is 85.8 Å². The average Bonchev–Trinajstić information content (AvgIpc) is 2.11. The zero-order valence-corrected chi connectivity index (χ0v) is 9.49. The van der Waals surface area contributed by atoms with Gasteiger partial charge < -0.3 is 14.5 Å². The van der Waals surface area contributed by atoms with Crippen LogP contribution in [-0.4, -0.2) is 55.2 Å². The van der Waals surface area contributed by atoms with Crippen molar-refractivity contribution in [3.05, 3.63) is 0 Å². The number of nitrogens with zero attached hydrogens (tertiary/aromatic N) is 2. The summed E-state index contributed by atoms with van der Waals surface area (Å²) in [7, 11) is 3.53. The van der Waals surface area contributed by atoms with Gasteiger partial charge >= 0.3 is 6.03 Å². The van der Waals surface area contributed by atoms with Gasteiger partial charge in [0.05, 0.1) is 12.6 Å². The van der Waals surface area contributed by atoms with E-state index in [1.807, 2.05) is 25.8 Å². The topological polar surface area (TPSA) is 32.8 Å². The quantitative estimate of drug-likeness (QED) is 0.685. The summed E-state index contributed by atoms with van der Waals surface area (Å²) < 4.78 is 5.13. The van der Waals surface area contributed by atoms with Crippen LogP contribution in [0.2, 0.25) is 0 Å². The summed E-state index contributed by atoms with van der Waals surface area (Å²) >= 11 is 0. The van der Waals surface area contributed by atoms with Crippen LogP contribution in [0.15, 0.2) is 0 Å². The van der Waals surface area contributed by atoms with Gasteiger partial charge in [0, 0.05) is 26.7 Å². The highest BCUT2D eigenvalue weighted by atomic mass is 16.5. The van der Waals surface area contributed by atoms with Crippen LogP contribution in [0.5, 0.6) is 0 Å². The lowest BCUT2D eigenvalue weighted by atomic mass is 10.1. The van der Waals surface area contributed by atoms with Crippen molar-refractivity contribution in [1.82, 2.24) is 9.80 Å². The summed E-state index contributed by atoms with van der Waals surface area (Å²) in [5.74, 6) is 0. The van der Waals surface area contributed by atoms with Crippen molar-refractivity contribution in [1.29, 1.82) is 0 Å². The van der Waals surface area contributed by atoms with Gasteiger partial charge in [-0.2, -0.15) is 0 Å². The van der Waals surface area contributed by atoms with Gasteiger partial charge in [0.15, 0.2) is 0 Å². The molecule has 4 nitrogen and oxygen atoms in total. The fraction of sp³-hybridized carbons (Fsp3) is 0.900. The SMILES string of the molecule is COC[C@@H]1CCN(C)C(=O)N1C(C)C. The molecule has 1 fully saturated rings. The van der Waals surface area contributed by atoms with E-state index in [1.54, 1.807) is 12.0 Å². The molecule has 1 aliphatic rings. The molecule has 0 N–H and O–H groups in total. The van der Waals surface area contributed by atoms with Gasteiger partial charge in [-0.25, -0.2) is 4.79 Å². The van der Waals surface area contributed by atoms with Gasteiger partial charge in [-0.05, 0) is 20.3 Å². The number of urea groups is 1. The number of carbonyl (C=O) groups is 1. The molecule has 1 heterocycles. The standard InChI is InChI=1S/C10H20N2O2/c1-8(2)12-9(7-14-4)5-6-11(3)10(12)13/h8-9H,5-7H2,1-4H3/t9-/m0/s1. The van der Waals surface area contributed by atoms with E-state index in [9.17, 15) is 4.79 Å². The van der Waals surface area contributed by atoms with Crippen molar-refractivity contribution in [2.24, 2.45) is 0 Å². The second-order valence-corrected chi connectivity index (χ2v) is 4.10. The predicted molar refractivity (Wildman–Crippen MR) is 55.3 cm³/mol. The van der Waals surface area contributed by atoms with E-state index < -0.39 is 0 Å². The van der Waals surface area contributed by atoms with Crippen LogP contribution in [0.3, 0.4) is 0 Å². The first-order valence-electron chi connectivity index (χ1n) is 5.10. The minimum Gasteiger partial charge on any atom is -0.383 e. The summed E-state index contributed by atoms with van der Waals surface area (Å²) in [5, 5.41) is 0. The third-order valence-electron chi connectivity index (χ3n) is 2.65. The maximum Gasteiger partial charge on any atom is 0.320 e. The molecule has 0 radical (unpaired) electrons. The smallest absolute Gasteiger partial charge is 0.320 e. The molecule has 1 saturated heterocycles. The number of amides is 2. The van der Waals surface area contributed by atoms with Gasteiger partial charge in [-0.1, -0.05) is 0 Å². The lowest BCUT2D eigenvalue weighted by Crippen LogP contribution is -2.56. The Morgan fingerprint density at radius 2 is 2.21 bits per heavy atom. The normalized spacial score (nSPS) is 23.5. The Morgan fingerprint density at radius 1 is 1.57 bits per heavy atom. The second kappa shape index (κ2) is 4.64. The molecule has 14 heavy (non-hydrogen) atoms. The molecule has 0 aliphatic carbocycles. The van der Waals surface area contributed by atoms with Crippen LogP contribution in [0.4, 0.5) is 4.79 Å². The Bertz CT molecular complexity index is 206. The van der Waals surface area contributed by atoms with Crippen molar-refractivity contribution < 1.29 is 9.53 Å². The molecular weight excluding hydrogens is 180 g/mol. The van der Waals surface area contributed by atoms with Gasteiger partial charge in [0.2, 0.25) is 0 Å². The molecule has 2 amide bonds. The maximum absolute atomic E-state index is 11.8. The maximum atomic E-state index is 11.8. The summed E-state index contributed by atoms with van der Waals surface area (Å²) in [5.41, 5.74) is 0. The molecule has 82 valence electrons. The Morgan fingerprint density at radius 3 is 2.71 bits per heavy atom. The first-order valence-corrected chi connectivity index (χ1v) is 5.10. The molecule has 0 aromatic carbocycles. The van der Waals surface area contributed by atoms with Crippen LogP contribution >= 0.6 is 0 Å². The molecule has 0 aromatic heterocycles. The zero-order valence-electron chi connectivity index (χ0n) is 9.49. The van der Waals surface area contributed by atoms with Crippen LogP contribution in [0.1, 0.15) is 20.3 Å². The molecular formula is C10H20N2O2. The average molecular weight is 200 g/mol. The van der Waals surface area contributed by atoms with Crippen molar-refractivity contribution in [3.63, 3.8) is 0 Å². The molecule has 1 aliphatic heterocycles. The van der Waals surface area contributed by atoms with Crippen molar-refractivity contribution in [2.75, 3.05) is 27.3 Å². The Kier molecular flexibility index (Phi) is 3.75. The van der Waals surface area contributed by atoms with E-state index in [0.717, 1.165) is 13.0 Å². The molecule has 0 saturated carbocycles. The lowest BCUT2D eigenvalue weighted by Gasteiger charge is -2.42. The third kappa shape index (κ3) is 2.18. The molecule has 4 heteroatoms. The monoisotopic (exact) mass is 200 g/mol. The number of carbonyl (C=O) groups excluding carboxylic acids is 1. The summed E-state index contributed by atoms with van der Waals surface area (Å²) in [6.45, 7) is 5.55. The molecule has 1 rings (SSSR count). The van der Waals surface area contributed by atoms with Crippen LogP contribution in [-0.2, 0) is 4.74 Å². The van der Waals surface area contributed by atoms with E-state index in [0.29, 0.717) is 6.61 Å². The number of hydrogen-bond acceptors (Lipinski definition) is 2. The Balaban J connectivity index is 2.71. The van der Waals surface area contributed by atoms with Crippen LogP contribution in [0.25, 0.3) is 0 Å². The third-order valence-corrected chi connectivity index (χ3v) is 2.65. The van der Waals surface area contributed by atoms with E-state index in [2.05, 4.69) is 0 Å². The van der Waals surface area contributed by atoms with Gasteiger partial charge in [-0.3, -0.25) is 0 Å². The van der Waals surface area contributed by atoms with Crippen LogP contribution < -0.4 is 0 Å². The van der Waals surface area contributed by atoms with Gasteiger partial charge in [-0.15, -0.1) is 0 Å². The van der Waals surface area contributed by atoms with Gasteiger partial charge in [0.25, 0.3) is 0 Å². The van der Waals surface area contributed by atoms with Crippen molar-refractivity contribution in [3.8, 4) is 0 Å². The highest BCUT2D eigenvalue weighted by molar-refractivity contribution is 5.75. The molecule has 0 bridgehead atoms. The number of hydrogen-bond donors (Lipinski definition) is 0. The Hall–Kier alpha value is -0.770. The minimum atomic E-state index is 0.119. The van der Waals surface area contributed by atoms with E-state index in [-0.39, 0.29) is 18.1 Å². The van der Waals surface area contributed by atoms with E-state index in [4.69, 9.17) is 4.74 Å². The van der Waals surface area contributed by atoms with Crippen LogP contribution in [0, 0.1) is 0 Å². The predicted octanol–water partition coefficient (Wildman–Crippen LogP) is 1.17. The highest BCUT2D eigenvalue weighted by Crippen LogP contribution is 2.18. The van der Waals surface area contributed by atoms with E-state index in [1.165, 1.54) is 0 Å². The second-order valence-electron chi connectivity index (χ2n) is 4.10. The molecule has 1 atom stereocenters. The summed E-state index contributed by atoms with van der Waals surface area (Å²) in [6, 6.07) is 0.599. The van der Waals surface area contributed by atoms with Crippen molar-refractivity contribution >= 4 is 6.03 Å². The largest absolute Gasteiger partial charge is 0.383 e. The first kappa shape index (κ1) is 11.3. The first-order chi connectivity index (χ1) is 6.57. The molecule has 0 spiro atoms.